The molecule has 0 saturated carbocycles. The Morgan fingerprint density at radius 3 is 2.68 bits per heavy atom. The molecule has 0 spiro atoms. The molecule has 1 heterocycles. The summed E-state index contributed by atoms with van der Waals surface area (Å²) in [6.07, 6.45) is 0.775. The number of carbonyl (C=O) groups is 1. The molecule has 3 rings (SSSR count). The lowest BCUT2D eigenvalue weighted by Crippen LogP contribution is -2.29. The Morgan fingerprint density at radius 1 is 1.20 bits per heavy atom. The van der Waals surface area contributed by atoms with Gasteiger partial charge in [-0.3, -0.25) is 4.79 Å². The van der Waals surface area contributed by atoms with E-state index in [2.05, 4.69) is 25.0 Å². The van der Waals surface area contributed by atoms with Crippen LogP contribution in [0.2, 0.25) is 0 Å². The highest BCUT2D eigenvalue weighted by molar-refractivity contribution is 6.02. The second kappa shape index (κ2) is 7.51. The molecule has 4 nitrogen and oxygen atoms in total. The van der Waals surface area contributed by atoms with Gasteiger partial charge in [0.1, 0.15) is 5.75 Å². The summed E-state index contributed by atoms with van der Waals surface area (Å²) in [4.78, 5) is 12.4. The van der Waals surface area contributed by atoms with Crippen molar-refractivity contribution in [3.63, 3.8) is 0 Å². The highest BCUT2D eigenvalue weighted by atomic mass is 16.5. The maximum absolute atomic E-state index is 12.4. The fourth-order valence-electron chi connectivity index (χ4n) is 2.82. The fourth-order valence-corrected chi connectivity index (χ4v) is 2.82. The Morgan fingerprint density at radius 2 is 1.96 bits per heavy atom. The molecule has 1 amide bonds. The second-order valence-corrected chi connectivity index (χ2v) is 6.65. The molecule has 2 aromatic carbocycles. The second-order valence-electron chi connectivity index (χ2n) is 6.65. The number of benzene rings is 2. The molecule has 1 aliphatic rings. The zero-order valence-electron chi connectivity index (χ0n) is 15.0. The Labute approximate surface area is 149 Å². The zero-order chi connectivity index (χ0) is 17.8. The van der Waals surface area contributed by atoms with Crippen LogP contribution in [0.15, 0.2) is 53.6 Å². The molecule has 0 unspecified atom stereocenters. The molecule has 130 valence electrons. The van der Waals surface area contributed by atoms with Gasteiger partial charge in [0, 0.05) is 6.42 Å². The number of aryl methyl sites for hydroxylation is 1. The predicted octanol–water partition coefficient (Wildman–Crippen LogP) is 4.13. The van der Waals surface area contributed by atoms with Crippen molar-refractivity contribution >= 4 is 11.6 Å². The zero-order valence-corrected chi connectivity index (χ0v) is 15.0. The number of nitrogens with zero attached hydrogens (tertiary/aromatic N) is 2. The van der Waals surface area contributed by atoms with E-state index in [9.17, 15) is 4.79 Å². The van der Waals surface area contributed by atoms with Gasteiger partial charge in [-0.25, -0.2) is 5.01 Å². The van der Waals surface area contributed by atoms with Crippen molar-refractivity contribution in [2.45, 2.75) is 33.1 Å². The van der Waals surface area contributed by atoms with Crippen LogP contribution in [0.3, 0.4) is 0 Å². The van der Waals surface area contributed by atoms with Gasteiger partial charge in [-0.05, 0) is 35.6 Å². The lowest BCUT2D eigenvalue weighted by Gasteiger charge is -2.15. The molecule has 2 aromatic rings. The van der Waals surface area contributed by atoms with Crippen LogP contribution in [0, 0.1) is 6.92 Å². The molecule has 0 N–H and O–H groups in total. The number of rotatable bonds is 5. The molecule has 0 aromatic heterocycles. The van der Waals surface area contributed by atoms with Crippen LogP contribution in [0.4, 0.5) is 0 Å². The van der Waals surface area contributed by atoms with Crippen molar-refractivity contribution in [2.75, 3.05) is 13.2 Å². The van der Waals surface area contributed by atoms with Crippen LogP contribution >= 0.6 is 0 Å². The van der Waals surface area contributed by atoms with E-state index in [-0.39, 0.29) is 12.5 Å². The summed E-state index contributed by atoms with van der Waals surface area (Å²) in [5.41, 5.74) is 4.26. The molecule has 1 aliphatic heterocycles. The lowest BCUT2D eigenvalue weighted by atomic mass is 10.0. The van der Waals surface area contributed by atoms with E-state index in [1.54, 1.807) is 0 Å². The van der Waals surface area contributed by atoms with Crippen molar-refractivity contribution in [2.24, 2.45) is 5.10 Å². The quantitative estimate of drug-likeness (QED) is 0.824. The molecule has 0 aliphatic carbocycles. The van der Waals surface area contributed by atoms with Crippen LogP contribution in [0.5, 0.6) is 5.75 Å². The molecular weight excluding hydrogens is 312 g/mol. The van der Waals surface area contributed by atoms with Crippen LogP contribution in [0.1, 0.15) is 42.9 Å². The summed E-state index contributed by atoms with van der Waals surface area (Å²) in [7, 11) is 0. The van der Waals surface area contributed by atoms with Crippen LogP contribution < -0.4 is 4.74 Å². The third kappa shape index (κ3) is 4.08. The van der Waals surface area contributed by atoms with E-state index < -0.39 is 0 Å². The summed E-state index contributed by atoms with van der Waals surface area (Å²) < 4.78 is 5.78. The van der Waals surface area contributed by atoms with E-state index >= 15 is 0 Å². The summed E-state index contributed by atoms with van der Waals surface area (Å²) in [6, 6.07) is 16.1. The lowest BCUT2D eigenvalue weighted by molar-refractivity contribution is -0.132. The van der Waals surface area contributed by atoms with E-state index in [4.69, 9.17) is 4.74 Å². The van der Waals surface area contributed by atoms with E-state index in [1.807, 2.05) is 49.4 Å². The molecular formula is C21H24N2O2. The third-order valence-corrected chi connectivity index (χ3v) is 4.43. The summed E-state index contributed by atoms with van der Waals surface area (Å²) in [6.45, 7) is 6.89. The monoisotopic (exact) mass is 336 g/mol. The molecule has 0 radical (unpaired) electrons. The Kier molecular flexibility index (Phi) is 5.17. The number of hydrogen-bond donors (Lipinski definition) is 0. The number of amides is 1. The molecule has 0 atom stereocenters. The average molecular weight is 336 g/mol. The highest BCUT2D eigenvalue weighted by Gasteiger charge is 2.22. The van der Waals surface area contributed by atoms with E-state index in [0.717, 1.165) is 29.0 Å². The maximum Gasteiger partial charge on any atom is 0.280 e. The summed E-state index contributed by atoms with van der Waals surface area (Å²) in [5, 5.41) is 5.98. The minimum absolute atomic E-state index is 0.00790. The molecule has 0 fully saturated rings. The Balaban J connectivity index is 1.64. The first-order valence-electron chi connectivity index (χ1n) is 8.71. The van der Waals surface area contributed by atoms with Gasteiger partial charge in [0.2, 0.25) is 0 Å². The Bertz CT molecular complexity index is 782. The minimum Gasteiger partial charge on any atom is -0.483 e. The number of hydrogen-bond acceptors (Lipinski definition) is 3. The van der Waals surface area contributed by atoms with Crippen LogP contribution in [-0.4, -0.2) is 29.8 Å². The third-order valence-electron chi connectivity index (χ3n) is 4.43. The minimum atomic E-state index is -0.111. The number of ether oxygens (including phenoxy) is 1. The van der Waals surface area contributed by atoms with Crippen molar-refractivity contribution in [3.8, 4) is 5.75 Å². The average Bonchev–Trinajstić information content (AvgIpc) is 3.11. The van der Waals surface area contributed by atoms with E-state index in [1.165, 1.54) is 10.6 Å². The highest BCUT2D eigenvalue weighted by Crippen LogP contribution is 2.24. The molecule has 0 saturated heterocycles. The van der Waals surface area contributed by atoms with Gasteiger partial charge in [-0.15, -0.1) is 0 Å². The predicted molar refractivity (Wildman–Crippen MR) is 100 cm³/mol. The number of carbonyl (C=O) groups excluding carboxylic acids is 1. The fraction of sp³-hybridized carbons (Fsp3) is 0.333. The smallest absolute Gasteiger partial charge is 0.280 e. The van der Waals surface area contributed by atoms with E-state index in [0.29, 0.717) is 12.5 Å². The van der Waals surface area contributed by atoms with Gasteiger partial charge in [0.05, 0.1) is 12.3 Å². The summed E-state index contributed by atoms with van der Waals surface area (Å²) in [5.74, 6) is 1.08. The SMILES string of the molecule is Cc1ccc(C(C)C)cc1OCC(=O)N1CCC(c2ccccc2)=N1. The van der Waals surface area contributed by atoms with Crippen molar-refractivity contribution in [3.05, 3.63) is 65.2 Å². The van der Waals surface area contributed by atoms with Crippen LogP contribution in [-0.2, 0) is 4.79 Å². The van der Waals surface area contributed by atoms with Crippen molar-refractivity contribution < 1.29 is 9.53 Å². The maximum atomic E-state index is 12.4. The largest absolute Gasteiger partial charge is 0.483 e. The molecule has 0 bridgehead atoms. The van der Waals surface area contributed by atoms with Gasteiger partial charge in [0.25, 0.3) is 5.91 Å². The van der Waals surface area contributed by atoms with Gasteiger partial charge in [-0.2, -0.15) is 5.10 Å². The van der Waals surface area contributed by atoms with Gasteiger partial charge in [-0.1, -0.05) is 56.3 Å². The van der Waals surface area contributed by atoms with Crippen molar-refractivity contribution in [1.82, 2.24) is 5.01 Å². The van der Waals surface area contributed by atoms with Crippen molar-refractivity contribution in [1.29, 1.82) is 0 Å². The Hall–Kier alpha value is -2.62. The topological polar surface area (TPSA) is 41.9 Å². The standard InChI is InChI=1S/C21H24N2O2/c1-15(2)18-10-9-16(3)20(13-18)25-14-21(24)23-12-11-19(22-23)17-7-5-4-6-8-17/h4-10,13,15H,11-12,14H2,1-3H3. The van der Waals surface area contributed by atoms with Gasteiger partial charge >= 0.3 is 0 Å². The molecule has 25 heavy (non-hydrogen) atoms. The molecule has 4 heteroatoms. The first kappa shape index (κ1) is 17.2. The van der Waals surface area contributed by atoms with Crippen LogP contribution in [0.25, 0.3) is 0 Å². The van der Waals surface area contributed by atoms with Gasteiger partial charge in [0.15, 0.2) is 6.61 Å². The number of hydrazone groups is 1. The summed E-state index contributed by atoms with van der Waals surface area (Å²) >= 11 is 0. The first-order chi connectivity index (χ1) is 12.0. The first-order valence-corrected chi connectivity index (χ1v) is 8.71. The normalized spacial score (nSPS) is 13.9. The van der Waals surface area contributed by atoms with Gasteiger partial charge < -0.3 is 4.74 Å².